The molecule has 11 heavy (non-hydrogen) atoms. The molecule has 0 bridgehead atoms. The van der Waals surface area contributed by atoms with E-state index in [1.165, 1.54) is 6.92 Å². The average molecular weight is 150 g/mol. The van der Waals surface area contributed by atoms with E-state index in [1.807, 2.05) is 6.92 Å². The first-order valence-corrected chi connectivity index (χ1v) is 3.41. The number of hydrogen-bond acceptors (Lipinski definition) is 2. The highest BCUT2D eigenvalue weighted by Crippen LogP contribution is 1.91. The van der Waals surface area contributed by atoms with E-state index >= 15 is 0 Å². The Bertz CT molecular complexity index is 371. The molecule has 0 unspecified atom stereocenters. The Hall–Kier alpha value is -1.31. The molecule has 1 aromatic heterocycles. The third-order valence-electron chi connectivity index (χ3n) is 1.45. The number of ketones is 1. The second kappa shape index (κ2) is 2.74. The van der Waals surface area contributed by atoms with Crippen LogP contribution in [0.3, 0.4) is 0 Å². The fourth-order valence-electron chi connectivity index (χ4n) is 0.861. The van der Waals surface area contributed by atoms with Crippen molar-refractivity contribution in [2.45, 2.75) is 13.8 Å². The van der Waals surface area contributed by atoms with Gasteiger partial charge in [-0.1, -0.05) is 6.58 Å². The van der Waals surface area contributed by atoms with E-state index in [-0.39, 0.29) is 5.78 Å². The molecule has 58 valence electrons. The Balaban J connectivity index is 3.39. The van der Waals surface area contributed by atoms with Crippen molar-refractivity contribution in [1.29, 1.82) is 0 Å². The average Bonchev–Trinajstić information content (AvgIpc) is 2.31. The molecule has 0 aliphatic carbocycles. The van der Waals surface area contributed by atoms with Gasteiger partial charge in [0.05, 0.1) is 0 Å². The lowest BCUT2D eigenvalue weighted by molar-refractivity contribution is 0.0985. The summed E-state index contributed by atoms with van der Waals surface area (Å²) in [5.74, 6) is 0.311. The normalized spacial score (nSPS) is 12.0. The minimum absolute atomic E-state index is 0.0667. The predicted molar refractivity (Wildman–Crippen MR) is 43.6 cm³/mol. The Morgan fingerprint density at radius 3 is 2.64 bits per heavy atom. The van der Waals surface area contributed by atoms with Crippen molar-refractivity contribution < 1.29 is 9.21 Å². The molecule has 0 aliphatic heterocycles. The first-order valence-electron chi connectivity index (χ1n) is 3.41. The number of furan rings is 1. The van der Waals surface area contributed by atoms with Gasteiger partial charge >= 0.3 is 0 Å². The van der Waals surface area contributed by atoms with Crippen molar-refractivity contribution in [3.63, 3.8) is 0 Å². The van der Waals surface area contributed by atoms with Crippen LogP contribution in [0.15, 0.2) is 10.5 Å². The smallest absolute Gasteiger partial charge is 0.194 e. The van der Waals surface area contributed by atoms with Gasteiger partial charge in [0.25, 0.3) is 0 Å². The third-order valence-corrected chi connectivity index (χ3v) is 1.45. The van der Waals surface area contributed by atoms with Crippen LogP contribution in [0.25, 0.3) is 12.7 Å². The SMILES string of the molecule is C=c1cc(C(C)=O)o/c1=C/C. The van der Waals surface area contributed by atoms with Crippen LogP contribution < -0.4 is 10.6 Å². The van der Waals surface area contributed by atoms with Crippen molar-refractivity contribution in [3.05, 3.63) is 22.5 Å². The lowest BCUT2D eigenvalue weighted by Crippen LogP contribution is -2.15. The zero-order valence-electron chi connectivity index (χ0n) is 6.68. The standard InChI is InChI=1S/C9H10O2/c1-4-8-6(2)5-9(11-8)7(3)10/h4-5H,2H2,1,3H3/b8-4+. The van der Waals surface area contributed by atoms with Gasteiger partial charge in [-0.25, -0.2) is 0 Å². The van der Waals surface area contributed by atoms with Crippen LogP contribution >= 0.6 is 0 Å². The van der Waals surface area contributed by atoms with Gasteiger partial charge in [-0.05, 0) is 19.1 Å². The van der Waals surface area contributed by atoms with E-state index in [9.17, 15) is 4.79 Å². The van der Waals surface area contributed by atoms with E-state index in [4.69, 9.17) is 4.42 Å². The van der Waals surface area contributed by atoms with Crippen LogP contribution in [-0.4, -0.2) is 5.78 Å². The van der Waals surface area contributed by atoms with Crippen LogP contribution in [0.1, 0.15) is 24.4 Å². The van der Waals surface area contributed by atoms with E-state index in [0.29, 0.717) is 11.2 Å². The minimum Gasteiger partial charge on any atom is -0.453 e. The van der Waals surface area contributed by atoms with Crippen molar-refractivity contribution in [2.24, 2.45) is 0 Å². The van der Waals surface area contributed by atoms with Gasteiger partial charge in [-0.2, -0.15) is 0 Å². The van der Waals surface area contributed by atoms with Crippen LogP contribution in [0.5, 0.6) is 0 Å². The van der Waals surface area contributed by atoms with E-state index in [2.05, 4.69) is 6.58 Å². The zero-order chi connectivity index (χ0) is 8.43. The molecule has 0 amide bonds. The Labute approximate surface area is 64.8 Å². The molecule has 0 spiro atoms. The fourth-order valence-corrected chi connectivity index (χ4v) is 0.861. The summed E-state index contributed by atoms with van der Waals surface area (Å²) in [6.07, 6.45) is 1.79. The first kappa shape index (κ1) is 7.79. The van der Waals surface area contributed by atoms with Gasteiger partial charge in [0.2, 0.25) is 0 Å². The predicted octanol–water partition coefficient (Wildman–Crippen LogP) is 0.693. The highest BCUT2D eigenvalue weighted by atomic mass is 16.3. The molecule has 0 fully saturated rings. The maximum atomic E-state index is 10.8. The molecule has 0 N–H and O–H groups in total. The third kappa shape index (κ3) is 1.40. The van der Waals surface area contributed by atoms with Crippen molar-refractivity contribution in [2.75, 3.05) is 0 Å². The first-order chi connectivity index (χ1) is 5.15. The second-order valence-electron chi connectivity index (χ2n) is 2.35. The largest absolute Gasteiger partial charge is 0.453 e. The molecule has 1 heterocycles. The van der Waals surface area contributed by atoms with Gasteiger partial charge in [-0.3, -0.25) is 4.79 Å². The minimum atomic E-state index is -0.0667. The highest BCUT2D eigenvalue weighted by Gasteiger charge is 2.02. The van der Waals surface area contributed by atoms with Crippen LogP contribution in [0, 0.1) is 0 Å². The zero-order valence-corrected chi connectivity index (χ0v) is 6.68. The number of carbonyl (C=O) groups is 1. The van der Waals surface area contributed by atoms with Gasteiger partial charge in [-0.15, -0.1) is 0 Å². The fraction of sp³-hybridized carbons (Fsp3) is 0.222. The number of hydrogen-bond donors (Lipinski definition) is 0. The molecule has 2 nitrogen and oxygen atoms in total. The highest BCUT2D eigenvalue weighted by molar-refractivity contribution is 5.91. The van der Waals surface area contributed by atoms with Gasteiger partial charge in [0.15, 0.2) is 11.5 Å². The Morgan fingerprint density at radius 1 is 1.73 bits per heavy atom. The van der Waals surface area contributed by atoms with Crippen LogP contribution in [0.2, 0.25) is 0 Å². The molecule has 0 aliphatic rings. The van der Waals surface area contributed by atoms with E-state index in [0.717, 1.165) is 5.22 Å². The van der Waals surface area contributed by atoms with Crippen molar-refractivity contribution in [1.82, 2.24) is 0 Å². The monoisotopic (exact) mass is 150 g/mol. The number of Topliss-reactive ketones (excluding diaryl/α,β-unsaturated/α-hetero) is 1. The molecule has 0 saturated heterocycles. The van der Waals surface area contributed by atoms with Crippen LogP contribution in [-0.2, 0) is 0 Å². The summed E-state index contributed by atoms with van der Waals surface area (Å²) in [6.45, 7) is 7.03. The summed E-state index contributed by atoms with van der Waals surface area (Å²) < 4.78 is 5.16. The summed E-state index contributed by atoms with van der Waals surface area (Å²) in [7, 11) is 0. The molecule has 0 atom stereocenters. The molecule has 1 rings (SSSR count). The summed E-state index contributed by atoms with van der Waals surface area (Å²) in [4.78, 5) is 10.8. The molecule has 2 heteroatoms. The Kier molecular flexibility index (Phi) is 1.94. The lowest BCUT2D eigenvalue weighted by Gasteiger charge is -1.81. The topological polar surface area (TPSA) is 30.2 Å². The second-order valence-corrected chi connectivity index (χ2v) is 2.35. The van der Waals surface area contributed by atoms with Gasteiger partial charge in [0, 0.05) is 12.1 Å². The van der Waals surface area contributed by atoms with Crippen molar-refractivity contribution in [3.8, 4) is 0 Å². The maximum absolute atomic E-state index is 10.8. The number of carbonyl (C=O) groups excluding carboxylic acids is 1. The van der Waals surface area contributed by atoms with Crippen molar-refractivity contribution >= 4 is 18.4 Å². The van der Waals surface area contributed by atoms with Gasteiger partial charge in [0.1, 0.15) is 5.42 Å². The molecular formula is C9H10O2. The van der Waals surface area contributed by atoms with Gasteiger partial charge < -0.3 is 4.42 Å². The molecule has 0 radical (unpaired) electrons. The maximum Gasteiger partial charge on any atom is 0.194 e. The molecule has 0 saturated carbocycles. The summed E-state index contributed by atoms with van der Waals surface area (Å²) in [5, 5.41) is 0.762. The Morgan fingerprint density at radius 2 is 2.36 bits per heavy atom. The van der Waals surface area contributed by atoms with E-state index < -0.39 is 0 Å². The molecule has 0 aromatic carbocycles. The molecule has 1 aromatic rings. The summed E-state index contributed by atoms with van der Waals surface area (Å²) in [5.41, 5.74) is 0.676. The quantitative estimate of drug-likeness (QED) is 0.551. The summed E-state index contributed by atoms with van der Waals surface area (Å²) in [6, 6.07) is 1.65. The lowest BCUT2D eigenvalue weighted by atomic mass is 10.3. The molecular weight excluding hydrogens is 140 g/mol. The van der Waals surface area contributed by atoms with Crippen LogP contribution in [0.4, 0.5) is 0 Å². The van der Waals surface area contributed by atoms with E-state index in [1.54, 1.807) is 12.1 Å². The number of rotatable bonds is 1. The summed E-state index contributed by atoms with van der Waals surface area (Å²) >= 11 is 0.